The molecule has 0 aliphatic rings. The van der Waals surface area contributed by atoms with Crippen molar-refractivity contribution in [2.75, 3.05) is 0 Å². The molecule has 0 saturated heterocycles. The zero-order chi connectivity index (χ0) is 10.8. The van der Waals surface area contributed by atoms with E-state index in [4.69, 9.17) is 5.11 Å². The smallest absolute Gasteiger partial charge is 0.337 e. The molecule has 0 saturated carbocycles. The molecule has 2 rings (SSSR count). The Hall–Kier alpha value is -2.17. The molecular weight excluding hydrogens is 194 g/mol. The van der Waals surface area contributed by atoms with Gasteiger partial charge in [0, 0.05) is 18.6 Å². The van der Waals surface area contributed by atoms with Crippen molar-refractivity contribution in [3.05, 3.63) is 42.2 Å². The number of imidazole rings is 1. The summed E-state index contributed by atoms with van der Waals surface area (Å²) in [5.74, 6) is -0.244. The molecule has 0 aliphatic carbocycles. The lowest BCUT2D eigenvalue weighted by Crippen LogP contribution is -2.06. The second-order valence-corrected chi connectivity index (χ2v) is 3.04. The Morgan fingerprint density at radius 2 is 2.27 bits per heavy atom. The van der Waals surface area contributed by atoms with Crippen LogP contribution in [0.4, 0.5) is 0 Å². The number of carboxylic acids is 1. The summed E-state index contributed by atoms with van der Waals surface area (Å²) in [5.41, 5.74) is 0.742. The van der Waals surface area contributed by atoms with Gasteiger partial charge >= 0.3 is 5.97 Å². The minimum Gasteiger partial charge on any atom is -0.478 e. The van der Waals surface area contributed by atoms with E-state index < -0.39 is 5.97 Å². The summed E-state index contributed by atoms with van der Waals surface area (Å²) in [6.45, 7) is 1.80. The molecule has 0 spiro atoms. The Kier molecular flexibility index (Phi) is 2.21. The van der Waals surface area contributed by atoms with Crippen molar-refractivity contribution >= 4 is 5.97 Å². The molecule has 2 aromatic rings. The van der Waals surface area contributed by atoms with Crippen molar-refractivity contribution in [3.8, 4) is 5.69 Å². The number of pyridine rings is 1. The molecular formula is C10H9N3O2. The molecule has 0 fully saturated rings. The first-order chi connectivity index (χ1) is 7.20. The summed E-state index contributed by atoms with van der Waals surface area (Å²) in [5, 5.41) is 8.99. The highest BCUT2D eigenvalue weighted by atomic mass is 16.4. The highest BCUT2D eigenvalue weighted by molar-refractivity contribution is 5.91. The number of hydrogen-bond donors (Lipinski definition) is 1. The van der Waals surface area contributed by atoms with Crippen LogP contribution < -0.4 is 0 Å². The maximum Gasteiger partial charge on any atom is 0.337 e. The summed E-state index contributed by atoms with van der Waals surface area (Å²) < 4.78 is 1.69. The first-order valence-corrected chi connectivity index (χ1v) is 4.38. The van der Waals surface area contributed by atoms with Gasteiger partial charge in [-0.2, -0.15) is 0 Å². The molecule has 2 heterocycles. The van der Waals surface area contributed by atoms with Gasteiger partial charge in [0.15, 0.2) is 0 Å². The van der Waals surface area contributed by atoms with Gasteiger partial charge < -0.3 is 9.67 Å². The lowest BCUT2D eigenvalue weighted by Gasteiger charge is -2.07. The number of nitrogens with zero attached hydrogens (tertiary/aromatic N) is 3. The van der Waals surface area contributed by atoms with Gasteiger partial charge in [0.1, 0.15) is 5.82 Å². The van der Waals surface area contributed by atoms with Crippen LogP contribution in [-0.2, 0) is 0 Å². The van der Waals surface area contributed by atoms with Crippen LogP contribution in [-0.4, -0.2) is 25.6 Å². The average Bonchev–Trinajstić information content (AvgIpc) is 2.64. The summed E-state index contributed by atoms with van der Waals surface area (Å²) in [6.07, 6.45) is 6.30. The second kappa shape index (κ2) is 3.53. The molecule has 0 aliphatic heterocycles. The summed E-state index contributed by atoms with van der Waals surface area (Å²) >= 11 is 0. The third kappa shape index (κ3) is 1.59. The molecule has 0 bridgehead atoms. The Morgan fingerprint density at radius 1 is 1.47 bits per heavy atom. The van der Waals surface area contributed by atoms with Gasteiger partial charge in [-0.1, -0.05) is 0 Å². The number of aryl methyl sites for hydroxylation is 1. The van der Waals surface area contributed by atoms with Crippen LogP contribution in [0.3, 0.4) is 0 Å². The van der Waals surface area contributed by atoms with Gasteiger partial charge in [0.2, 0.25) is 0 Å². The van der Waals surface area contributed by atoms with Crippen LogP contribution in [0.2, 0.25) is 0 Å². The lowest BCUT2D eigenvalue weighted by molar-refractivity contribution is 0.0697. The highest BCUT2D eigenvalue weighted by Gasteiger charge is 2.12. The van der Waals surface area contributed by atoms with E-state index in [0.717, 1.165) is 5.82 Å². The van der Waals surface area contributed by atoms with E-state index >= 15 is 0 Å². The predicted octanol–water partition coefficient (Wildman–Crippen LogP) is 1.27. The molecule has 0 atom stereocenters. The predicted molar refractivity (Wildman–Crippen MR) is 53.1 cm³/mol. The van der Waals surface area contributed by atoms with Gasteiger partial charge in [0.25, 0.3) is 0 Å². The van der Waals surface area contributed by atoms with E-state index in [1.807, 2.05) is 0 Å². The van der Waals surface area contributed by atoms with Gasteiger partial charge in [-0.3, -0.25) is 4.98 Å². The molecule has 0 aromatic carbocycles. The molecule has 0 unspecified atom stereocenters. The fourth-order valence-corrected chi connectivity index (χ4v) is 1.39. The highest BCUT2D eigenvalue weighted by Crippen LogP contribution is 2.14. The van der Waals surface area contributed by atoms with Gasteiger partial charge in [-0.15, -0.1) is 0 Å². The molecule has 1 N–H and O–H groups in total. The minimum atomic E-state index is -0.972. The van der Waals surface area contributed by atoms with Gasteiger partial charge in [-0.25, -0.2) is 9.78 Å². The third-order valence-electron chi connectivity index (χ3n) is 2.12. The van der Waals surface area contributed by atoms with Crippen LogP contribution in [0, 0.1) is 6.92 Å². The maximum atomic E-state index is 11.0. The summed E-state index contributed by atoms with van der Waals surface area (Å²) in [7, 11) is 0. The van der Waals surface area contributed by atoms with Crippen molar-refractivity contribution < 1.29 is 9.90 Å². The molecule has 5 heteroatoms. The van der Waals surface area contributed by atoms with E-state index in [-0.39, 0.29) is 5.56 Å². The Labute approximate surface area is 86.0 Å². The number of aromatic nitrogens is 3. The van der Waals surface area contributed by atoms with Crippen LogP contribution in [0.25, 0.3) is 5.69 Å². The number of rotatable bonds is 2. The molecule has 2 aromatic heterocycles. The monoisotopic (exact) mass is 203 g/mol. The van der Waals surface area contributed by atoms with Crippen LogP contribution in [0.1, 0.15) is 16.2 Å². The minimum absolute atomic E-state index is 0.214. The summed E-state index contributed by atoms with van der Waals surface area (Å²) in [4.78, 5) is 18.9. The molecule has 15 heavy (non-hydrogen) atoms. The first-order valence-electron chi connectivity index (χ1n) is 4.38. The standard InChI is InChI=1S/C10H9N3O2/c1-7-12-4-5-13(7)9-6-11-3-2-8(9)10(14)15/h2-6H,1H3,(H,14,15). The normalized spacial score (nSPS) is 10.2. The fraction of sp³-hybridized carbons (Fsp3) is 0.100. The van der Waals surface area contributed by atoms with E-state index in [0.29, 0.717) is 5.69 Å². The van der Waals surface area contributed by atoms with Crippen molar-refractivity contribution in [2.45, 2.75) is 6.92 Å². The van der Waals surface area contributed by atoms with Crippen molar-refractivity contribution in [3.63, 3.8) is 0 Å². The van der Waals surface area contributed by atoms with Gasteiger partial charge in [0.05, 0.1) is 17.4 Å². The van der Waals surface area contributed by atoms with E-state index in [2.05, 4.69) is 9.97 Å². The lowest BCUT2D eigenvalue weighted by atomic mass is 10.2. The number of carbonyl (C=O) groups is 1. The van der Waals surface area contributed by atoms with Crippen LogP contribution >= 0.6 is 0 Å². The quantitative estimate of drug-likeness (QED) is 0.798. The van der Waals surface area contributed by atoms with Gasteiger partial charge in [-0.05, 0) is 13.0 Å². The van der Waals surface area contributed by atoms with E-state index in [9.17, 15) is 4.79 Å². The van der Waals surface area contributed by atoms with Crippen molar-refractivity contribution in [2.24, 2.45) is 0 Å². The third-order valence-corrected chi connectivity index (χ3v) is 2.12. The zero-order valence-electron chi connectivity index (χ0n) is 8.08. The Balaban J connectivity index is 2.63. The summed E-state index contributed by atoms with van der Waals surface area (Å²) in [6, 6.07) is 1.47. The largest absolute Gasteiger partial charge is 0.478 e. The average molecular weight is 203 g/mol. The number of aromatic carboxylic acids is 1. The van der Waals surface area contributed by atoms with Crippen molar-refractivity contribution in [1.29, 1.82) is 0 Å². The SMILES string of the molecule is Cc1nccn1-c1cnccc1C(=O)O. The molecule has 0 amide bonds. The molecule has 0 radical (unpaired) electrons. The zero-order valence-corrected chi connectivity index (χ0v) is 8.08. The Morgan fingerprint density at radius 3 is 2.87 bits per heavy atom. The Bertz CT molecular complexity index is 505. The van der Waals surface area contributed by atoms with E-state index in [1.165, 1.54) is 18.5 Å². The van der Waals surface area contributed by atoms with Crippen LogP contribution in [0.5, 0.6) is 0 Å². The van der Waals surface area contributed by atoms with Crippen LogP contribution in [0.15, 0.2) is 30.9 Å². The first kappa shape index (κ1) is 9.39. The fourth-order valence-electron chi connectivity index (χ4n) is 1.39. The van der Waals surface area contributed by atoms with E-state index in [1.54, 1.807) is 23.9 Å². The topological polar surface area (TPSA) is 68.0 Å². The number of carboxylic acid groups (broad SMARTS) is 1. The van der Waals surface area contributed by atoms with Crippen molar-refractivity contribution in [1.82, 2.24) is 14.5 Å². The molecule has 76 valence electrons. The number of hydrogen-bond acceptors (Lipinski definition) is 3. The maximum absolute atomic E-state index is 11.0. The second-order valence-electron chi connectivity index (χ2n) is 3.04. The molecule has 5 nitrogen and oxygen atoms in total.